The van der Waals surface area contributed by atoms with E-state index in [9.17, 15) is 14.9 Å². The maximum atomic E-state index is 11.2. The number of nitro benzene ring substituents is 1. The molecule has 1 aromatic rings. The van der Waals surface area contributed by atoms with Gasteiger partial charge in [0.25, 0.3) is 5.69 Å². The number of rotatable bonds is 2. The zero-order valence-corrected chi connectivity index (χ0v) is 8.47. The minimum Gasteiger partial charge on any atom is -0.368 e. The van der Waals surface area contributed by atoms with Crippen LogP contribution in [0, 0.1) is 10.1 Å². The average Bonchev–Trinajstić information content (AvgIpc) is 2.54. The van der Waals surface area contributed by atoms with E-state index in [0.29, 0.717) is 6.42 Å². The highest BCUT2D eigenvalue weighted by molar-refractivity contribution is 5.86. The molecule has 1 unspecified atom stereocenters. The van der Waals surface area contributed by atoms with E-state index in [1.54, 1.807) is 6.07 Å². The van der Waals surface area contributed by atoms with Gasteiger partial charge in [-0.2, -0.15) is 0 Å². The van der Waals surface area contributed by atoms with Gasteiger partial charge in [0.2, 0.25) is 5.91 Å². The van der Waals surface area contributed by atoms with Crippen molar-refractivity contribution in [3.63, 3.8) is 0 Å². The summed E-state index contributed by atoms with van der Waals surface area (Å²) in [6.07, 6.45) is 0.606. The molecule has 1 atom stereocenters. The summed E-state index contributed by atoms with van der Waals surface area (Å²) in [5, 5.41) is 10.6. The number of nitrogens with two attached hydrogens (primary N) is 2. The maximum Gasteiger partial charge on any atom is 0.269 e. The lowest BCUT2D eigenvalue weighted by Gasteiger charge is -2.17. The number of hydrogen-bond donors (Lipinski definition) is 2. The summed E-state index contributed by atoms with van der Waals surface area (Å²) < 4.78 is 0. The first kappa shape index (κ1) is 10.6. The lowest BCUT2D eigenvalue weighted by molar-refractivity contribution is -0.384. The van der Waals surface area contributed by atoms with Gasteiger partial charge in [-0.15, -0.1) is 0 Å². The second-order valence-electron chi connectivity index (χ2n) is 4.08. The average molecular weight is 221 g/mol. The maximum absolute atomic E-state index is 11.2. The predicted molar refractivity (Wildman–Crippen MR) is 56.6 cm³/mol. The van der Waals surface area contributed by atoms with Gasteiger partial charge in [-0.1, -0.05) is 6.07 Å². The summed E-state index contributed by atoms with van der Waals surface area (Å²) in [5.74, 6) is -0.577. The van der Waals surface area contributed by atoms with E-state index >= 15 is 0 Å². The molecule has 0 fully saturated rings. The molecule has 2 rings (SSSR count). The third-order valence-electron chi connectivity index (χ3n) is 2.90. The fraction of sp³-hybridized carbons (Fsp3) is 0.300. The lowest BCUT2D eigenvalue weighted by atomic mass is 9.97. The lowest BCUT2D eigenvalue weighted by Crippen LogP contribution is -2.52. The zero-order chi connectivity index (χ0) is 11.9. The van der Waals surface area contributed by atoms with Crippen LogP contribution in [0.25, 0.3) is 0 Å². The second-order valence-corrected chi connectivity index (χ2v) is 4.08. The van der Waals surface area contributed by atoms with Crippen LogP contribution >= 0.6 is 0 Å². The van der Waals surface area contributed by atoms with E-state index in [0.717, 1.165) is 11.1 Å². The Bertz CT molecular complexity index is 486. The smallest absolute Gasteiger partial charge is 0.269 e. The van der Waals surface area contributed by atoms with Gasteiger partial charge in [-0.05, 0) is 17.5 Å². The molecular formula is C10H11N3O3. The van der Waals surface area contributed by atoms with E-state index < -0.39 is 16.4 Å². The molecule has 0 aliphatic heterocycles. The van der Waals surface area contributed by atoms with Gasteiger partial charge in [-0.3, -0.25) is 14.9 Å². The molecule has 1 aromatic carbocycles. The molecule has 0 heterocycles. The van der Waals surface area contributed by atoms with Gasteiger partial charge in [0.1, 0.15) is 5.54 Å². The van der Waals surface area contributed by atoms with Crippen LogP contribution in [0.3, 0.4) is 0 Å². The first-order valence-corrected chi connectivity index (χ1v) is 4.77. The van der Waals surface area contributed by atoms with Crippen molar-refractivity contribution in [3.05, 3.63) is 39.4 Å². The molecule has 0 saturated heterocycles. The van der Waals surface area contributed by atoms with Crippen molar-refractivity contribution in [2.24, 2.45) is 11.5 Å². The van der Waals surface area contributed by atoms with Crippen LogP contribution in [0.5, 0.6) is 0 Å². The van der Waals surface area contributed by atoms with E-state index in [2.05, 4.69) is 0 Å². The summed E-state index contributed by atoms with van der Waals surface area (Å²) >= 11 is 0. The Balaban J connectivity index is 2.38. The summed E-state index contributed by atoms with van der Waals surface area (Å²) in [5.41, 5.74) is 11.5. The minimum absolute atomic E-state index is 0.00692. The van der Waals surface area contributed by atoms with Crippen molar-refractivity contribution in [3.8, 4) is 0 Å². The van der Waals surface area contributed by atoms with Gasteiger partial charge < -0.3 is 11.5 Å². The molecule has 0 spiro atoms. The third-order valence-corrected chi connectivity index (χ3v) is 2.90. The molecule has 0 bridgehead atoms. The topological polar surface area (TPSA) is 112 Å². The normalized spacial score (nSPS) is 22.8. The van der Waals surface area contributed by atoms with Gasteiger partial charge in [0.15, 0.2) is 0 Å². The number of fused-ring (bicyclic) bond motifs is 1. The van der Waals surface area contributed by atoms with E-state index in [1.165, 1.54) is 12.1 Å². The van der Waals surface area contributed by atoms with E-state index in [1.807, 2.05) is 0 Å². The van der Waals surface area contributed by atoms with Crippen LogP contribution in [0.4, 0.5) is 5.69 Å². The molecule has 16 heavy (non-hydrogen) atoms. The number of hydrogen-bond acceptors (Lipinski definition) is 4. The molecule has 6 heteroatoms. The zero-order valence-electron chi connectivity index (χ0n) is 8.47. The predicted octanol–water partition coefficient (Wildman–Crippen LogP) is -0.124. The summed E-state index contributed by atoms with van der Waals surface area (Å²) in [6, 6.07) is 4.49. The summed E-state index contributed by atoms with van der Waals surface area (Å²) in [7, 11) is 0. The van der Waals surface area contributed by atoms with Crippen molar-refractivity contribution < 1.29 is 9.72 Å². The number of carbonyl (C=O) groups is 1. The van der Waals surface area contributed by atoms with E-state index in [4.69, 9.17) is 11.5 Å². The number of nitro groups is 1. The van der Waals surface area contributed by atoms with Crippen molar-refractivity contribution in [1.29, 1.82) is 0 Å². The Morgan fingerprint density at radius 2 is 2.00 bits per heavy atom. The molecule has 0 aromatic heterocycles. The standard InChI is InChI=1S/C10H11N3O3/c11-9(14)10(12)4-6-1-2-8(13(15)16)3-7(6)5-10/h1-3H,4-5,12H2,(H2,11,14). The number of carbonyl (C=O) groups excluding carboxylic acids is 1. The Hall–Kier alpha value is -1.95. The highest BCUT2D eigenvalue weighted by Gasteiger charge is 2.39. The molecule has 6 nitrogen and oxygen atoms in total. The van der Waals surface area contributed by atoms with Crippen LogP contribution in [-0.2, 0) is 17.6 Å². The monoisotopic (exact) mass is 221 g/mol. The highest BCUT2D eigenvalue weighted by Crippen LogP contribution is 2.30. The van der Waals surface area contributed by atoms with Crippen LogP contribution in [0.1, 0.15) is 11.1 Å². The fourth-order valence-corrected chi connectivity index (χ4v) is 1.98. The molecular weight excluding hydrogens is 210 g/mol. The van der Waals surface area contributed by atoms with Crippen LogP contribution in [0.15, 0.2) is 18.2 Å². The number of benzene rings is 1. The fourth-order valence-electron chi connectivity index (χ4n) is 1.98. The quantitative estimate of drug-likeness (QED) is 0.535. The van der Waals surface area contributed by atoms with Crippen LogP contribution in [0.2, 0.25) is 0 Å². The molecule has 84 valence electrons. The second kappa shape index (κ2) is 3.28. The Morgan fingerprint density at radius 3 is 2.56 bits per heavy atom. The number of primary amides is 1. The summed E-state index contributed by atoms with van der Waals surface area (Å²) in [6.45, 7) is 0. The number of nitrogens with zero attached hydrogens (tertiary/aromatic N) is 1. The SMILES string of the molecule is NC(=O)C1(N)Cc2ccc([N+](=O)[O-])cc2C1. The van der Waals surface area contributed by atoms with Gasteiger partial charge in [0.05, 0.1) is 4.92 Å². The van der Waals surface area contributed by atoms with Gasteiger partial charge in [-0.25, -0.2) is 0 Å². The third kappa shape index (κ3) is 1.53. The first-order valence-electron chi connectivity index (χ1n) is 4.77. The molecule has 0 saturated carbocycles. The van der Waals surface area contributed by atoms with Gasteiger partial charge >= 0.3 is 0 Å². The Kier molecular flexibility index (Phi) is 2.16. The van der Waals surface area contributed by atoms with E-state index in [-0.39, 0.29) is 12.1 Å². The molecule has 4 N–H and O–H groups in total. The number of non-ortho nitro benzene ring substituents is 1. The van der Waals surface area contributed by atoms with Crippen molar-refractivity contribution in [2.75, 3.05) is 0 Å². The Morgan fingerprint density at radius 1 is 1.38 bits per heavy atom. The molecule has 1 amide bonds. The summed E-state index contributed by atoms with van der Waals surface area (Å²) in [4.78, 5) is 21.3. The first-order chi connectivity index (χ1) is 7.42. The molecule has 0 radical (unpaired) electrons. The Labute approximate surface area is 91.4 Å². The van der Waals surface area contributed by atoms with Crippen LogP contribution in [-0.4, -0.2) is 16.4 Å². The molecule has 1 aliphatic carbocycles. The molecule has 1 aliphatic rings. The van der Waals surface area contributed by atoms with Crippen molar-refractivity contribution in [2.45, 2.75) is 18.4 Å². The van der Waals surface area contributed by atoms with Crippen molar-refractivity contribution >= 4 is 11.6 Å². The van der Waals surface area contributed by atoms with Gasteiger partial charge in [0, 0.05) is 18.6 Å². The van der Waals surface area contributed by atoms with Crippen LogP contribution < -0.4 is 11.5 Å². The van der Waals surface area contributed by atoms with Crippen molar-refractivity contribution in [1.82, 2.24) is 0 Å². The largest absolute Gasteiger partial charge is 0.368 e. The highest BCUT2D eigenvalue weighted by atomic mass is 16.6. The number of amides is 1. The minimum atomic E-state index is -1.10.